The van der Waals surface area contributed by atoms with Crippen LogP contribution in [0.25, 0.3) is 0 Å². The first-order chi connectivity index (χ1) is 8.08. The van der Waals surface area contributed by atoms with Crippen LogP contribution in [-0.2, 0) is 4.79 Å². The summed E-state index contributed by atoms with van der Waals surface area (Å²) < 4.78 is 0. The molecule has 92 valence electrons. The number of hydrogen-bond donors (Lipinski definition) is 4. The molecule has 0 heterocycles. The molecule has 0 aromatic heterocycles. The number of carbonyl (C=O) groups is 1. The van der Waals surface area contributed by atoms with E-state index in [2.05, 4.69) is 0 Å². The van der Waals surface area contributed by atoms with E-state index in [1.807, 2.05) is 5.48 Å². The molecule has 1 unspecified atom stereocenters. The van der Waals surface area contributed by atoms with Crippen LogP contribution >= 0.6 is 0 Å². The molecule has 1 atom stereocenters. The average molecular weight is 241 g/mol. The van der Waals surface area contributed by atoms with E-state index in [1.54, 1.807) is 0 Å². The van der Waals surface area contributed by atoms with E-state index >= 15 is 0 Å². The van der Waals surface area contributed by atoms with Crippen molar-refractivity contribution in [3.8, 4) is 0 Å². The fourth-order valence-electron chi connectivity index (χ4n) is 1.32. The van der Waals surface area contributed by atoms with Gasteiger partial charge in [0.25, 0.3) is 5.69 Å². The largest absolute Gasteiger partial charge is 0.316 e. The number of nitrogens with zero attached hydrogens (tertiary/aromatic N) is 1. The van der Waals surface area contributed by atoms with Gasteiger partial charge in [0.15, 0.2) is 0 Å². The Morgan fingerprint density at radius 1 is 1.47 bits per heavy atom. The predicted molar refractivity (Wildman–Crippen MR) is 55.3 cm³/mol. The monoisotopic (exact) mass is 241 g/mol. The van der Waals surface area contributed by atoms with Gasteiger partial charge in [-0.25, -0.2) is 5.48 Å². The highest BCUT2D eigenvalue weighted by Gasteiger charge is 2.17. The lowest BCUT2D eigenvalue weighted by molar-refractivity contribution is -0.384. The molecule has 0 bridgehead atoms. The fraction of sp³-hybridized carbons (Fsp3) is 0.222. The van der Waals surface area contributed by atoms with Gasteiger partial charge < -0.3 is 5.21 Å². The van der Waals surface area contributed by atoms with Gasteiger partial charge in [-0.3, -0.25) is 20.1 Å². The number of hydrogen-bond acceptors (Lipinski definition) is 6. The zero-order valence-corrected chi connectivity index (χ0v) is 8.66. The maximum Gasteiger partial charge on any atom is 0.269 e. The zero-order chi connectivity index (χ0) is 12.8. The lowest BCUT2D eigenvalue weighted by Gasteiger charge is -2.13. The molecular formula is C9H11N3O5. The Morgan fingerprint density at radius 3 is 2.71 bits per heavy atom. The lowest BCUT2D eigenvalue weighted by atomic mass is 10.0. The molecule has 8 heteroatoms. The predicted octanol–water partition coefficient (Wildman–Crippen LogP) is 0.510. The van der Waals surface area contributed by atoms with Gasteiger partial charge in [0.05, 0.1) is 17.4 Å². The molecule has 0 aliphatic carbocycles. The first-order valence-electron chi connectivity index (χ1n) is 4.65. The second-order valence-corrected chi connectivity index (χ2v) is 3.27. The number of carbonyl (C=O) groups excluding carboxylic acids is 1. The number of nitro benzene ring substituents is 1. The lowest BCUT2D eigenvalue weighted by Crippen LogP contribution is -2.27. The summed E-state index contributed by atoms with van der Waals surface area (Å²) in [4.78, 5) is 20.9. The summed E-state index contributed by atoms with van der Waals surface area (Å²) in [7, 11) is 0. The van der Waals surface area contributed by atoms with E-state index < -0.39 is 16.9 Å². The maximum atomic E-state index is 10.9. The first kappa shape index (κ1) is 13.0. The molecule has 0 aliphatic heterocycles. The van der Waals surface area contributed by atoms with Gasteiger partial charge in [0.2, 0.25) is 5.91 Å². The van der Waals surface area contributed by atoms with Crippen LogP contribution in [-0.4, -0.2) is 21.2 Å². The Kier molecular flexibility index (Phi) is 4.52. The summed E-state index contributed by atoms with van der Waals surface area (Å²) >= 11 is 0. The van der Waals surface area contributed by atoms with Crippen molar-refractivity contribution < 1.29 is 20.1 Å². The summed E-state index contributed by atoms with van der Waals surface area (Å²) in [6.45, 7) is 0. The van der Waals surface area contributed by atoms with Crippen molar-refractivity contribution in [2.45, 2.75) is 12.5 Å². The molecular weight excluding hydrogens is 230 g/mol. The topological polar surface area (TPSA) is 125 Å². The number of benzene rings is 1. The summed E-state index contributed by atoms with van der Waals surface area (Å²) in [5.41, 5.74) is 3.49. The maximum absolute atomic E-state index is 10.9. The number of nitrogens with one attached hydrogen (secondary N) is 2. The minimum atomic E-state index is -0.831. The molecule has 4 N–H and O–H groups in total. The van der Waals surface area contributed by atoms with Gasteiger partial charge in [-0.2, -0.15) is 5.48 Å². The van der Waals surface area contributed by atoms with Crippen molar-refractivity contribution in [2.75, 3.05) is 0 Å². The SMILES string of the molecule is O=C(CC(NO)c1cccc([N+](=O)[O-])c1)NO. The van der Waals surface area contributed by atoms with Crippen molar-refractivity contribution >= 4 is 11.6 Å². The van der Waals surface area contributed by atoms with Crippen LogP contribution in [0, 0.1) is 10.1 Å². The molecule has 0 saturated carbocycles. The van der Waals surface area contributed by atoms with Crippen molar-refractivity contribution in [1.29, 1.82) is 0 Å². The number of nitro groups is 1. The molecule has 0 radical (unpaired) electrons. The molecule has 1 aromatic rings. The van der Waals surface area contributed by atoms with Crippen molar-refractivity contribution in [3.05, 3.63) is 39.9 Å². The Morgan fingerprint density at radius 2 is 2.18 bits per heavy atom. The number of non-ortho nitro benzene ring substituents is 1. The summed E-state index contributed by atoms with van der Waals surface area (Å²) in [5.74, 6) is -0.719. The van der Waals surface area contributed by atoms with E-state index in [0.29, 0.717) is 5.56 Å². The Hall–Kier alpha value is -2.03. The number of amides is 1. The van der Waals surface area contributed by atoms with E-state index in [9.17, 15) is 14.9 Å². The second-order valence-electron chi connectivity index (χ2n) is 3.27. The Bertz CT molecular complexity index is 423. The van der Waals surface area contributed by atoms with Gasteiger partial charge in [0.1, 0.15) is 0 Å². The van der Waals surface area contributed by atoms with E-state index in [-0.39, 0.29) is 12.1 Å². The van der Waals surface area contributed by atoms with Crippen molar-refractivity contribution in [3.63, 3.8) is 0 Å². The van der Waals surface area contributed by atoms with Gasteiger partial charge >= 0.3 is 0 Å². The molecule has 0 spiro atoms. The van der Waals surface area contributed by atoms with Crippen LogP contribution in [0.15, 0.2) is 24.3 Å². The van der Waals surface area contributed by atoms with Gasteiger partial charge in [-0.15, -0.1) is 0 Å². The first-order valence-corrected chi connectivity index (χ1v) is 4.65. The van der Waals surface area contributed by atoms with Crippen LogP contribution in [0.3, 0.4) is 0 Å². The van der Waals surface area contributed by atoms with E-state index in [4.69, 9.17) is 10.4 Å². The second kappa shape index (κ2) is 5.89. The van der Waals surface area contributed by atoms with Crippen LogP contribution < -0.4 is 11.0 Å². The van der Waals surface area contributed by atoms with Crippen LogP contribution in [0.4, 0.5) is 5.69 Å². The van der Waals surface area contributed by atoms with Crippen LogP contribution in [0.2, 0.25) is 0 Å². The van der Waals surface area contributed by atoms with Crippen molar-refractivity contribution in [1.82, 2.24) is 11.0 Å². The van der Waals surface area contributed by atoms with Gasteiger partial charge in [-0.1, -0.05) is 12.1 Å². The molecule has 0 aliphatic rings. The standard InChI is InChI=1S/C9H11N3O5/c13-9(11-15)5-8(10-14)6-2-1-3-7(4-6)12(16)17/h1-4,8,10,14-15H,5H2,(H,11,13). The Labute approximate surface area is 95.9 Å². The molecule has 1 aromatic carbocycles. The smallest absolute Gasteiger partial charge is 0.269 e. The third-order valence-electron chi connectivity index (χ3n) is 2.15. The summed E-state index contributed by atoms with van der Waals surface area (Å²) in [5, 5.41) is 27.8. The number of hydroxylamine groups is 2. The molecule has 0 saturated heterocycles. The summed E-state index contributed by atoms with van der Waals surface area (Å²) in [6.07, 6.45) is -0.256. The van der Waals surface area contributed by atoms with Crippen LogP contribution in [0.5, 0.6) is 0 Å². The van der Waals surface area contributed by atoms with Gasteiger partial charge in [-0.05, 0) is 5.56 Å². The highest BCUT2D eigenvalue weighted by atomic mass is 16.6. The molecule has 17 heavy (non-hydrogen) atoms. The molecule has 8 nitrogen and oxygen atoms in total. The van der Waals surface area contributed by atoms with Crippen molar-refractivity contribution in [2.24, 2.45) is 0 Å². The Balaban J connectivity index is 2.91. The third-order valence-corrected chi connectivity index (χ3v) is 2.15. The number of rotatable bonds is 5. The third kappa shape index (κ3) is 3.48. The normalized spacial score (nSPS) is 11.9. The molecule has 0 fully saturated rings. The highest BCUT2D eigenvalue weighted by Crippen LogP contribution is 2.21. The van der Waals surface area contributed by atoms with E-state index in [0.717, 1.165) is 0 Å². The zero-order valence-electron chi connectivity index (χ0n) is 8.66. The molecule has 1 amide bonds. The molecule has 1 rings (SSSR count). The van der Waals surface area contributed by atoms with Gasteiger partial charge in [0, 0.05) is 12.1 Å². The fourth-order valence-corrected chi connectivity index (χ4v) is 1.32. The summed E-state index contributed by atoms with van der Waals surface area (Å²) in [6, 6.07) is 4.66. The highest BCUT2D eigenvalue weighted by molar-refractivity contribution is 5.75. The average Bonchev–Trinajstić information content (AvgIpc) is 2.35. The van der Waals surface area contributed by atoms with Crippen LogP contribution in [0.1, 0.15) is 18.0 Å². The van der Waals surface area contributed by atoms with E-state index in [1.165, 1.54) is 29.7 Å². The minimum absolute atomic E-state index is 0.146. The minimum Gasteiger partial charge on any atom is -0.316 e. The quantitative estimate of drug-likeness (QED) is 0.338.